The number of hydrogen-bond donors (Lipinski definition) is 4. The van der Waals surface area contributed by atoms with Gasteiger partial charge in [0, 0.05) is 41.5 Å². The van der Waals surface area contributed by atoms with Crippen LogP contribution in [0.3, 0.4) is 0 Å². The molecule has 0 aromatic rings. The van der Waals surface area contributed by atoms with Crippen LogP contribution >= 0.6 is 0 Å². The monoisotopic (exact) mass is 284 g/mol. The van der Waals surface area contributed by atoms with Crippen LogP contribution in [-0.2, 0) is 0 Å². The van der Waals surface area contributed by atoms with Crippen LogP contribution in [0.4, 0.5) is 0 Å². The van der Waals surface area contributed by atoms with Crippen molar-refractivity contribution in [1.29, 1.82) is 0 Å². The van der Waals surface area contributed by atoms with E-state index in [4.69, 9.17) is 0 Å². The van der Waals surface area contributed by atoms with Crippen LogP contribution in [0.5, 0.6) is 0 Å². The average Bonchev–Trinajstić information content (AvgIpc) is 2.69. The number of nitrogens with zero attached hydrogens (tertiary/aromatic N) is 2. The van der Waals surface area contributed by atoms with E-state index in [9.17, 15) is 0 Å². The summed E-state index contributed by atoms with van der Waals surface area (Å²) < 4.78 is 1.13. The summed E-state index contributed by atoms with van der Waals surface area (Å²) in [6.07, 6.45) is 10.1. The Labute approximate surface area is 123 Å². The quantitative estimate of drug-likeness (QED) is 0.316. The molecule has 4 N–H and O–H groups in total. The van der Waals surface area contributed by atoms with Gasteiger partial charge in [0.25, 0.3) is 0 Å². The number of rotatable bonds is 6. The molecule has 1 aliphatic rings. The van der Waals surface area contributed by atoms with E-state index < -0.39 is 0 Å². The molecule has 0 bridgehead atoms. The van der Waals surface area contributed by atoms with E-state index in [0.29, 0.717) is 15.4 Å². The summed E-state index contributed by atoms with van der Waals surface area (Å²) >= 11 is 0. The van der Waals surface area contributed by atoms with Gasteiger partial charge in [0.1, 0.15) is 20.1 Å². The number of nitrogens with one attached hydrogen (secondary N) is 4. The third-order valence-electron chi connectivity index (χ3n) is 4.94. The minimum atomic E-state index is -0.148. The highest BCUT2D eigenvalue weighted by Crippen LogP contribution is 2.26. The zero-order valence-electron chi connectivity index (χ0n) is 14.0. The van der Waals surface area contributed by atoms with Gasteiger partial charge in [-0.25, -0.2) is 0 Å². The summed E-state index contributed by atoms with van der Waals surface area (Å²) in [6.45, 7) is 2.22. The average molecular weight is 284 g/mol. The lowest BCUT2D eigenvalue weighted by atomic mass is 10.0. The summed E-state index contributed by atoms with van der Waals surface area (Å²) in [5.74, 6) is 0. The predicted molar refractivity (Wildman–Crippen MR) is 83.7 cm³/mol. The van der Waals surface area contributed by atoms with Gasteiger partial charge < -0.3 is 0 Å². The normalized spacial score (nSPS) is 27.6. The Morgan fingerprint density at radius 3 is 1.95 bits per heavy atom. The van der Waals surface area contributed by atoms with Gasteiger partial charge in [0.15, 0.2) is 5.54 Å². The van der Waals surface area contributed by atoms with Crippen molar-refractivity contribution in [3.05, 3.63) is 24.3 Å². The SMILES string of the molecule is CN[N+](C)(NC)C1C=CC(C)([N+](C)(NC)NC)C=CC1. The van der Waals surface area contributed by atoms with Crippen LogP contribution in [0.2, 0.25) is 0 Å². The minimum absolute atomic E-state index is 0.148. The van der Waals surface area contributed by atoms with Gasteiger partial charge in [0.05, 0.1) is 0 Å². The Balaban J connectivity index is 3.09. The Kier molecular flexibility index (Phi) is 5.48. The van der Waals surface area contributed by atoms with Gasteiger partial charge in [-0.05, 0) is 18.2 Å². The smallest absolute Gasteiger partial charge is 0.168 e. The molecule has 0 fully saturated rings. The molecular weight excluding hydrogens is 252 g/mol. The first-order valence-electron chi connectivity index (χ1n) is 7.16. The van der Waals surface area contributed by atoms with Crippen molar-refractivity contribution in [2.45, 2.75) is 24.9 Å². The highest BCUT2D eigenvalue weighted by Gasteiger charge is 2.42. The van der Waals surface area contributed by atoms with Gasteiger partial charge in [-0.3, -0.25) is 0 Å². The van der Waals surface area contributed by atoms with Crippen molar-refractivity contribution in [2.24, 2.45) is 0 Å². The third-order valence-corrected chi connectivity index (χ3v) is 4.94. The van der Waals surface area contributed by atoms with Crippen molar-refractivity contribution in [2.75, 3.05) is 42.3 Å². The Morgan fingerprint density at radius 1 is 0.950 bits per heavy atom. The third kappa shape index (κ3) is 2.95. The van der Waals surface area contributed by atoms with Crippen LogP contribution in [0.25, 0.3) is 0 Å². The molecule has 0 aromatic heterocycles. The highest BCUT2D eigenvalue weighted by atomic mass is 15.9. The summed E-state index contributed by atoms with van der Waals surface area (Å²) in [7, 11) is 12.1. The first kappa shape index (κ1) is 17.3. The molecule has 0 amide bonds. The van der Waals surface area contributed by atoms with E-state index in [1.54, 1.807) is 0 Å². The zero-order chi connectivity index (χ0) is 15.4. The van der Waals surface area contributed by atoms with E-state index in [2.05, 4.69) is 67.0 Å². The van der Waals surface area contributed by atoms with E-state index in [1.165, 1.54) is 0 Å². The van der Waals surface area contributed by atoms with Gasteiger partial charge in [-0.2, -0.15) is 31.1 Å². The zero-order valence-corrected chi connectivity index (χ0v) is 14.0. The lowest BCUT2D eigenvalue weighted by Crippen LogP contribution is -2.71. The first-order chi connectivity index (χ1) is 9.30. The molecule has 1 aliphatic carbocycles. The maximum absolute atomic E-state index is 3.34. The fourth-order valence-electron chi connectivity index (χ4n) is 2.60. The summed E-state index contributed by atoms with van der Waals surface area (Å²) in [5, 5.41) is 0. The Hall–Kier alpha value is -0.760. The van der Waals surface area contributed by atoms with Gasteiger partial charge in [0.2, 0.25) is 0 Å². The summed E-state index contributed by atoms with van der Waals surface area (Å²) in [5.41, 5.74) is 13.2. The van der Waals surface area contributed by atoms with Gasteiger partial charge >= 0.3 is 0 Å². The molecule has 0 spiro atoms. The van der Waals surface area contributed by atoms with Gasteiger partial charge in [-0.1, -0.05) is 6.08 Å². The predicted octanol–water partition coefficient (Wildman–Crippen LogP) is 0.0606. The summed E-state index contributed by atoms with van der Waals surface area (Å²) in [6, 6.07) is 0.338. The largest absolute Gasteiger partial charge is 0.169 e. The molecule has 0 saturated carbocycles. The molecule has 116 valence electrons. The van der Waals surface area contributed by atoms with E-state index in [-0.39, 0.29) is 5.54 Å². The molecular formula is C14H32N6+2. The molecule has 6 heteroatoms. The standard InChI is InChI=1S/C14H32N6/c1-14(20(7,17-4)18-5)11-8-9-13(10-12-14)19(6,15-2)16-3/h8,10-13,15-18H,9H2,1-7H3/q+2. The highest BCUT2D eigenvalue weighted by molar-refractivity contribution is 5.17. The fourth-order valence-corrected chi connectivity index (χ4v) is 2.60. The molecule has 2 atom stereocenters. The minimum Gasteiger partial charge on any atom is -0.168 e. The molecule has 0 heterocycles. The van der Waals surface area contributed by atoms with Crippen LogP contribution in [0.1, 0.15) is 13.3 Å². The lowest BCUT2D eigenvalue weighted by Gasteiger charge is -2.42. The maximum atomic E-state index is 3.34. The second kappa shape index (κ2) is 6.34. The molecule has 0 aromatic carbocycles. The second-order valence-electron chi connectivity index (χ2n) is 5.77. The van der Waals surface area contributed by atoms with Crippen molar-refractivity contribution in [1.82, 2.24) is 21.7 Å². The molecule has 2 unspecified atom stereocenters. The van der Waals surface area contributed by atoms with Crippen LogP contribution in [0, 0.1) is 0 Å². The van der Waals surface area contributed by atoms with Crippen molar-refractivity contribution in [3.63, 3.8) is 0 Å². The van der Waals surface area contributed by atoms with Crippen molar-refractivity contribution in [3.8, 4) is 0 Å². The number of quaternary nitrogens is 2. The van der Waals surface area contributed by atoms with Gasteiger partial charge in [-0.15, -0.1) is 0 Å². The molecule has 1 rings (SSSR count). The Bertz CT molecular complexity index is 370. The molecule has 20 heavy (non-hydrogen) atoms. The van der Waals surface area contributed by atoms with E-state index in [0.717, 1.165) is 6.42 Å². The van der Waals surface area contributed by atoms with Crippen LogP contribution < -0.4 is 21.7 Å². The van der Waals surface area contributed by atoms with E-state index >= 15 is 0 Å². The number of hydrogen-bond acceptors (Lipinski definition) is 4. The Morgan fingerprint density at radius 2 is 1.50 bits per heavy atom. The first-order valence-corrected chi connectivity index (χ1v) is 7.16. The van der Waals surface area contributed by atoms with Crippen molar-refractivity contribution >= 4 is 0 Å². The topological polar surface area (TPSA) is 48.1 Å². The van der Waals surface area contributed by atoms with Crippen molar-refractivity contribution < 1.29 is 9.40 Å². The number of likely N-dealkylation sites (N-methyl/N-ethyl adjacent to an activating group) is 2. The maximum Gasteiger partial charge on any atom is 0.169 e. The molecule has 6 nitrogen and oxygen atoms in total. The van der Waals surface area contributed by atoms with Crippen LogP contribution in [0.15, 0.2) is 24.3 Å². The second-order valence-corrected chi connectivity index (χ2v) is 5.77. The fraction of sp³-hybridized carbons (Fsp3) is 0.714. The summed E-state index contributed by atoms with van der Waals surface area (Å²) in [4.78, 5) is 0. The van der Waals surface area contributed by atoms with E-state index in [1.807, 2.05) is 28.2 Å². The van der Waals surface area contributed by atoms with Crippen LogP contribution in [-0.4, -0.2) is 63.3 Å². The molecule has 0 radical (unpaired) electrons. The molecule has 0 aliphatic heterocycles. The molecule has 0 saturated heterocycles. The lowest BCUT2D eigenvalue weighted by molar-refractivity contribution is -1.02.